The quantitative estimate of drug-likeness (QED) is 0.818. The first kappa shape index (κ1) is 12.4. The number of nitrogens with zero attached hydrogens (tertiary/aromatic N) is 2. The van der Waals surface area contributed by atoms with E-state index in [2.05, 4.69) is 10.4 Å². The number of carbonyl (C=O) groups is 1. The van der Waals surface area contributed by atoms with E-state index in [4.69, 9.17) is 0 Å². The fourth-order valence-corrected chi connectivity index (χ4v) is 2.53. The first-order chi connectivity index (χ1) is 9.22. The number of hydrogen-bond donors (Lipinski definition) is 1. The van der Waals surface area contributed by atoms with Crippen molar-refractivity contribution in [1.82, 2.24) is 15.1 Å². The summed E-state index contributed by atoms with van der Waals surface area (Å²) in [6.07, 6.45) is 7.39. The van der Waals surface area contributed by atoms with E-state index in [-0.39, 0.29) is 18.0 Å². The monoisotopic (exact) mass is 261 g/mol. The zero-order chi connectivity index (χ0) is 13.2. The average molecular weight is 261 g/mol. The van der Waals surface area contributed by atoms with Crippen LogP contribution in [0.15, 0.2) is 10.9 Å². The van der Waals surface area contributed by atoms with Gasteiger partial charge in [-0.05, 0) is 44.1 Å². The van der Waals surface area contributed by atoms with E-state index in [9.17, 15) is 9.59 Å². The van der Waals surface area contributed by atoms with Crippen molar-refractivity contribution in [2.75, 3.05) is 0 Å². The maximum Gasteiger partial charge on any atom is 0.267 e. The molecule has 0 radical (unpaired) electrons. The molecule has 0 saturated heterocycles. The van der Waals surface area contributed by atoms with Crippen molar-refractivity contribution in [3.05, 3.63) is 27.7 Å². The molecule has 1 amide bonds. The third kappa shape index (κ3) is 3.03. The third-order valence-electron chi connectivity index (χ3n) is 3.76. The lowest BCUT2D eigenvalue weighted by Gasteiger charge is -2.09. The highest BCUT2D eigenvalue weighted by molar-refractivity contribution is 5.76. The Labute approximate surface area is 112 Å². The number of hydrogen-bond acceptors (Lipinski definition) is 3. The summed E-state index contributed by atoms with van der Waals surface area (Å²) in [5.74, 6) is -0.106. The van der Waals surface area contributed by atoms with Gasteiger partial charge in [0.05, 0.1) is 5.69 Å². The van der Waals surface area contributed by atoms with Crippen molar-refractivity contribution in [3.63, 3.8) is 0 Å². The van der Waals surface area contributed by atoms with E-state index in [0.29, 0.717) is 6.04 Å². The molecule has 2 aliphatic carbocycles. The van der Waals surface area contributed by atoms with Crippen LogP contribution in [-0.4, -0.2) is 21.7 Å². The molecule has 1 fully saturated rings. The van der Waals surface area contributed by atoms with Crippen LogP contribution >= 0.6 is 0 Å². The maximum atomic E-state index is 12.0. The summed E-state index contributed by atoms with van der Waals surface area (Å²) >= 11 is 0. The van der Waals surface area contributed by atoms with Gasteiger partial charge in [-0.25, -0.2) is 4.68 Å². The molecule has 0 bridgehead atoms. The average Bonchev–Trinajstić information content (AvgIpc) is 3.17. The molecule has 5 heteroatoms. The first-order valence-corrected chi connectivity index (χ1v) is 7.11. The SMILES string of the molecule is O=C(Cn1nc2c(cc1=O)CCCCC2)NC1CC1. The lowest BCUT2D eigenvalue weighted by molar-refractivity contribution is -0.122. The Morgan fingerprint density at radius 2 is 2.11 bits per heavy atom. The molecule has 5 nitrogen and oxygen atoms in total. The molecule has 1 aromatic rings. The standard InChI is InChI=1S/C14H19N3O2/c18-13(15-11-6-7-11)9-17-14(19)8-10-4-2-1-3-5-12(10)16-17/h8,11H,1-7,9H2,(H,15,18). The van der Waals surface area contributed by atoms with Gasteiger partial charge < -0.3 is 5.32 Å². The van der Waals surface area contributed by atoms with E-state index in [1.54, 1.807) is 6.07 Å². The molecule has 19 heavy (non-hydrogen) atoms. The number of rotatable bonds is 3. The van der Waals surface area contributed by atoms with E-state index in [0.717, 1.165) is 49.8 Å². The van der Waals surface area contributed by atoms with Gasteiger partial charge in [-0.2, -0.15) is 5.10 Å². The van der Waals surface area contributed by atoms with Gasteiger partial charge in [-0.3, -0.25) is 9.59 Å². The Morgan fingerprint density at radius 1 is 1.32 bits per heavy atom. The highest BCUT2D eigenvalue weighted by atomic mass is 16.2. The summed E-state index contributed by atoms with van der Waals surface area (Å²) in [6.45, 7) is 0.0443. The second-order valence-corrected chi connectivity index (χ2v) is 5.51. The number of carbonyl (C=O) groups excluding carboxylic acids is 1. The largest absolute Gasteiger partial charge is 0.352 e. The number of amides is 1. The van der Waals surface area contributed by atoms with Crippen LogP contribution in [0.25, 0.3) is 0 Å². The molecule has 1 heterocycles. The van der Waals surface area contributed by atoms with E-state index in [1.807, 2.05) is 0 Å². The zero-order valence-electron chi connectivity index (χ0n) is 11.0. The highest BCUT2D eigenvalue weighted by Gasteiger charge is 2.23. The number of fused-ring (bicyclic) bond motifs is 1. The van der Waals surface area contributed by atoms with Crippen LogP contribution in [0.3, 0.4) is 0 Å². The van der Waals surface area contributed by atoms with Crippen LogP contribution in [0.4, 0.5) is 0 Å². The van der Waals surface area contributed by atoms with Crippen LogP contribution < -0.4 is 10.9 Å². The van der Waals surface area contributed by atoms with Crippen LogP contribution in [0.1, 0.15) is 43.4 Å². The molecular formula is C14H19N3O2. The highest BCUT2D eigenvalue weighted by Crippen LogP contribution is 2.18. The molecular weight excluding hydrogens is 242 g/mol. The Morgan fingerprint density at radius 3 is 2.89 bits per heavy atom. The minimum atomic E-state index is -0.161. The van der Waals surface area contributed by atoms with Gasteiger partial charge in [0.25, 0.3) is 5.56 Å². The van der Waals surface area contributed by atoms with Gasteiger partial charge in [-0.1, -0.05) is 6.42 Å². The normalized spacial score (nSPS) is 18.5. The van der Waals surface area contributed by atoms with Crippen molar-refractivity contribution in [3.8, 4) is 0 Å². The zero-order valence-corrected chi connectivity index (χ0v) is 11.0. The molecule has 0 atom stereocenters. The van der Waals surface area contributed by atoms with E-state index in [1.165, 1.54) is 11.1 Å². The fraction of sp³-hybridized carbons (Fsp3) is 0.643. The molecule has 102 valence electrons. The predicted octanol–water partition coefficient (Wildman–Crippen LogP) is 0.791. The molecule has 1 saturated carbocycles. The lowest BCUT2D eigenvalue weighted by atomic mass is 10.1. The summed E-state index contributed by atoms with van der Waals surface area (Å²) in [6, 6.07) is 1.99. The van der Waals surface area contributed by atoms with E-state index >= 15 is 0 Å². The molecule has 1 aromatic heterocycles. The van der Waals surface area contributed by atoms with Crippen LogP contribution in [0.2, 0.25) is 0 Å². The van der Waals surface area contributed by atoms with Crippen LogP contribution in [0.5, 0.6) is 0 Å². The smallest absolute Gasteiger partial charge is 0.267 e. The lowest BCUT2D eigenvalue weighted by Crippen LogP contribution is -2.35. The minimum absolute atomic E-state index is 0.0443. The third-order valence-corrected chi connectivity index (χ3v) is 3.76. The van der Waals surface area contributed by atoms with Gasteiger partial charge in [0.15, 0.2) is 0 Å². The summed E-state index contributed by atoms with van der Waals surface area (Å²) < 4.78 is 1.31. The van der Waals surface area contributed by atoms with Crippen molar-refractivity contribution in [1.29, 1.82) is 0 Å². The molecule has 0 aromatic carbocycles. The fourth-order valence-electron chi connectivity index (χ4n) is 2.53. The van der Waals surface area contributed by atoms with Crippen LogP contribution in [0, 0.1) is 0 Å². The molecule has 0 aliphatic heterocycles. The Balaban J connectivity index is 1.78. The molecule has 0 spiro atoms. The van der Waals surface area contributed by atoms with Gasteiger partial charge in [-0.15, -0.1) is 0 Å². The Bertz CT molecular complexity index is 546. The second kappa shape index (κ2) is 5.15. The van der Waals surface area contributed by atoms with Crippen molar-refractivity contribution < 1.29 is 4.79 Å². The Hall–Kier alpha value is -1.65. The summed E-state index contributed by atoms with van der Waals surface area (Å²) in [5, 5.41) is 7.27. The molecule has 2 aliphatic rings. The van der Waals surface area contributed by atoms with Crippen molar-refractivity contribution in [2.24, 2.45) is 0 Å². The molecule has 0 unspecified atom stereocenters. The summed E-state index contributed by atoms with van der Waals surface area (Å²) in [4.78, 5) is 23.7. The predicted molar refractivity (Wildman–Crippen MR) is 70.9 cm³/mol. The Kier molecular flexibility index (Phi) is 3.36. The summed E-state index contributed by atoms with van der Waals surface area (Å²) in [7, 11) is 0. The van der Waals surface area contributed by atoms with Crippen molar-refractivity contribution in [2.45, 2.75) is 57.5 Å². The number of aryl methyl sites for hydroxylation is 2. The maximum absolute atomic E-state index is 12.0. The van der Waals surface area contributed by atoms with Gasteiger partial charge in [0.2, 0.25) is 5.91 Å². The van der Waals surface area contributed by atoms with E-state index < -0.39 is 0 Å². The number of nitrogens with one attached hydrogen (secondary N) is 1. The van der Waals surface area contributed by atoms with Crippen molar-refractivity contribution >= 4 is 5.91 Å². The molecule has 3 rings (SSSR count). The number of aromatic nitrogens is 2. The second-order valence-electron chi connectivity index (χ2n) is 5.51. The molecule has 1 N–H and O–H groups in total. The minimum Gasteiger partial charge on any atom is -0.352 e. The topological polar surface area (TPSA) is 64.0 Å². The van der Waals surface area contributed by atoms with Crippen LogP contribution in [-0.2, 0) is 24.2 Å². The van der Waals surface area contributed by atoms with Gasteiger partial charge >= 0.3 is 0 Å². The summed E-state index contributed by atoms with van der Waals surface area (Å²) in [5.41, 5.74) is 1.91. The van der Waals surface area contributed by atoms with Gasteiger partial charge in [0, 0.05) is 12.1 Å². The van der Waals surface area contributed by atoms with Gasteiger partial charge in [0.1, 0.15) is 6.54 Å². The first-order valence-electron chi connectivity index (χ1n) is 7.11.